The molecule has 13 heteroatoms. The number of benzene rings is 2. The van der Waals surface area contributed by atoms with Crippen LogP contribution in [-0.4, -0.2) is 40.9 Å². The highest BCUT2D eigenvalue weighted by molar-refractivity contribution is 7.92. The zero-order chi connectivity index (χ0) is 31.7. The van der Waals surface area contributed by atoms with Gasteiger partial charge < -0.3 is 10.1 Å². The minimum absolute atomic E-state index is 0.00336. The fourth-order valence-corrected chi connectivity index (χ4v) is 5.01. The number of sulfonamides is 1. The standard InChI is InChI=1S/C30H33F2N5O5S/c1-17(2)24-10-8-22(16-33-24)37-27(34-25-15-21(36-43(6,40)41)7-9-23(25)28(37)38)26(35-29(39)42-30(3,4)5)13-18-11-19(31)14-20(32)12-18/h7-12,14-17,26,36H,13H2,1-6H3,(H,35,39)/t26-/m0/s1. The SMILES string of the molecule is CC(C)c1ccc(-n2c([C@H](Cc3cc(F)cc(F)c3)NC(=O)OC(C)(C)C)nc3cc(NS(C)(=O)=O)ccc3c2=O)cn1. The fraction of sp³-hybridized carbons (Fsp3) is 0.333. The van der Waals surface area contributed by atoms with Crippen molar-refractivity contribution in [3.05, 3.63) is 93.8 Å². The summed E-state index contributed by atoms with van der Waals surface area (Å²) in [6.07, 6.45) is 1.46. The Kier molecular flexibility index (Phi) is 8.86. The number of ether oxygens (including phenoxy) is 1. The molecular weight excluding hydrogens is 580 g/mol. The van der Waals surface area contributed by atoms with Gasteiger partial charge >= 0.3 is 6.09 Å². The lowest BCUT2D eigenvalue weighted by atomic mass is 10.0. The molecule has 228 valence electrons. The van der Waals surface area contributed by atoms with E-state index < -0.39 is 45.0 Å². The Morgan fingerprint density at radius 1 is 1.05 bits per heavy atom. The lowest BCUT2D eigenvalue weighted by Crippen LogP contribution is -2.39. The molecule has 4 rings (SSSR count). The molecule has 0 aliphatic rings. The van der Waals surface area contributed by atoms with Crippen LogP contribution in [0.3, 0.4) is 0 Å². The highest BCUT2D eigenvalue weighted by Gasteiger charge is 2.27. The molecule has 0 saturated carbocycles. The number of carbonyl (C=O) groups is 1. The van der Waals surface area contributed by atoms with E-state index in [-0.39, 0.29) is 40.3 Å². The van der Waals surface area contributed by atoms with E-state index in [0.717, 1.165) is 30.1 Å². The first-order valence-corrected chi connectivity index (χ1v) is 15.3. The molecule has 0 aliphatic carbocycles. The number of hydrogen-bond donors (Lipinski definition) is 2. The van der Waals surface area contributed by atoms with Crippen molar-refractivity contribution < 1.29 is 26.7 Å². The lowest BCUT2D eigenvalue weighted by Gasteiger charge is -2.25. The van der Waals surface area contributed by atoms with Crippen LogP contribution in [0, 0.1) is 11.6 Å². The maximum Gasteiger partial charge on any atom is 0.408 e. The van der Waals surface area contributed by atoms with Crippen LogP contribution in [0.5, 0.6) is 0 Å². The van der Waals surface area contributed by atoms with Crippen molar-refractivity contribution in [3.8, 4) is 5.69 Å². The van der Waals surface area contributed by atoms with Gasteiger partial charge in [-0.3, -0.25) is 19.1 Å². The van der Waals surface area contributed by atoms with Crippen LogP contribution >= 0.6 is 0 Å². The second-order valence-corrected chi connectivity index (χ2v) is 13.2. The van der Waals surface area contributed by atoms with E-state index in [4.69, 9.17) is 9.72 Å². The maximum absolute atomic E-state index is 14.2. The number of fused-ring (bicyclic) bond motifs is 1. The number of carbonyl (C=O) groups excluding carboxylic acids is 1. The second kappa shape index (κ2) is 12.1. The van der Waals surface area contributed by atoms with E-state index in [1.54, 1.807) is 32.9 Å². The van der Waals surface area contributed by atoms with Crippen LogP contribution in [0.1, 0.15) is 63.7 Å². The van der Waals surface area contributed by atoms with E-state index >= 15 is 0 Å². The number of rotatable bonds is 8. The zero-order valence-corrected chi connectivity index (χ0v) is 25.4. The van der Waals surface area contributed by atoms with Gasteiger partial charge in [0.15, 0.2) is 0 Å². The molecule has 4 aromatic rings. The number of anilines is 1. The Morgan fingerprint density at radius 3 is 2.28 bits per heavy atom. The Balaban J connectivity index is 1.98. The number of nitrogens with zero attached hydrogens (tertiary/aromatic N) is 3. The van der Waals surface area contributed by atoms with Gasteiger partial charge in [0.05, 0.1) is 40.8 Å². The van der Waals surface area contributed by atoms with Gasteiger partial charge in [0.1, 0.15) is 23.1 Å². The maximum atomic E-state index is 14.2. The lowest BCUT2D eigenvalue weighted by molar-refractivity contribution is 0.0500. The van der Waals surface area contributed by atoms with Gasteiger partial charge in [-0.15, -0.1) is 0 Å². The zero-order valence-electron chi connectivity index (χ0n) is 24.6. The molecule has 2 aromatic carbocycles. The summed E-state index contributed by atoms with van der Waals surface area (Å²) < 4.78 is 61.1. The summed E-state index contributed by atoms with van der Waals surface area (Å²) in [4.78, 5) is 36.2. The molecule has 0 radical (unpaired) electrons. The van der Waals surface area contributed by atoms with E-state index in [9.17, 15) is 26.8 Å². The normalized spacial score (nSPS) is 12.8. The van der Waals surface area contributed by atoms with Crippen molar-refractivity contribution in [1.29, 1.82) is 0 Å². The van der Waals surface area contributed by atoms with Crippen molar-refractivity contribution in [2.45, 2.75) is 58.6 Å². The minimum atomic E-state index is -3.64. The van der Waals surface area contributed by atoms with Crippen LogP contribution in [0.25, 0.3) is 16.6 Å². The molecule has 0 unspecified atom stereocenters. The largest absolute Gasteiger partial charge is 0.444 e. The number of amides is 1. The summed E-state index contributed by atoms with van der Waals surface area (Å²) >= 11 is 0. The van der Waals surface area contributed by atoms with Crippen LogP contribution in [0.2, 0.25) is 0 Å². The molecule has 0 spiro atoms. The summed E-state index contributed by atoms with van der Waals surface area (Å²) in [7, 11) is -3.64. The first kappa shape index (κ1) is 31.5. The second-order valence-electron chi connectivity index (χ2n) is 11.5. The molecule has 0 aliphatic heterocycles. The number of pyridine rings is 1. The topological polar surface area (TPSA) is 132 Å². The third-order valence-electron chi connectivity index (χ3n) is 6.18. The highest BCUT2D eigenvalue weighted by Crippen LogP contribution is 2.25. The number of hydrogen-bond acceptors (Lipinski definition) is 7. The molecule has 0 fully saturated rings. The molecule has 2 heterocycles. The first-order chi connectivity index (χ1) is 20.0. The summed E-state index contributed by atoms with van der Waals surface area (Å²) in [6.45, 7) is 8.96. The predicted molar refractivity (Wildman–Crippen MR) is 160 cm³/mol. The van der Waals surface area contributed by atoms with Gasteiger partial charge in [0.2, 0.25) is 10.0 Å². The molecule has 0 saturated heterocycles. The van der Waals surface area contributed by atoms with Crippen LogP contribution < -0.4 is 15.6 Å². The molecule has 43 heavy (non-hydrogen) atoms. The Labute approximate surface area is 248 Å². The van der Waals surface area contributed by atoms with Crippen molar-refractivity contribution in [1.82, 2.24) is 19.9 Å². The number of nitrogens with one attached hydrogen (secondary N) is 2. The van der Waals surface area contributed by atoms with Gasteiger partial charge in [-0.25, -0.2) is 27.0 Å². The molecular formula is C30H33F2N5O5S. The van der Waals surface area contributed by atoms with E-state index in [1.165, 1.54) is 29.0 Å². The number of alkyl carbamates (subject to hydrolysis) is 1. The quantitative estimate of drug-likeness (QED) is 0.273. The average molecular weight is 614 g/mol. The summed E-state index contributed by atoms with van der Waals surface area (Å²) in [5.74, 6) is -1.52. The van der Waals surface area contributed by atoms with Crippen LogP contribution in [0.15, 0.2) is 59.5 Å². The van der Waals surface area contributed by atoms with Crippen molar-refractivity contribution >= 4 is 32.7 Å². The van der Waals surface area contributed by atoms with Crippen LogP contribution in [-0.2, 0) is 21.2 Å². The van der Waals surface area contributed by atoms with Gasteiger partial charge in [-0.05, 0) is 74.7 Å². The van der Waals surface area contributed by atoms with Gasteiger partial charge in [-0.1, -0.05) is 13.8 Å². The summed E-state index contributed by atoms with van der Waals surface area (Å²) in [5.41, 5.74) is 0.168. The van der Waals surface area contributed by atoms with Crippen molar-refractivity contribution in [3.63, 3.8) is 0 Å². The summed E-state index contributed by atoms with van der Waals surface area (Å²) in [5, 5.41) is 2.86. The van der Waals surface area contributed by atoms with Crippen molar-refractivity contribution in [2.75, 3.05) is 11.0 Å². The molecule has 0 bridgehead atoms. The van der Waals surface area contributed by atoms with E-state index in [0.29, 0.717) is 5.69 Å². The average Bonchev–Trinajstić information content (AvgIpc) is 2.85. The third-order valence-corrected chi connectivity index (χ3v) is 6.79. The molecule has 2 aromatic heterocycles. The van der Waals surface area contributed by atoms with Gasteiger partial charge in [0, 0.05) is 18.2 Å². The molecule has 1 amide bonds. The monoisotopic (exact) mass is 613 g/mol. The Bertz CT molecular complexity index is 1810. The smallest absolute Gasteiger partial charge is 0.408 e. The summed E-state index contributed by atoms with van der Waals surface area (Å²) in [6, 6.07) is 9.52. The van der Waals surface area contributed by atoms with E-state index in [2.05, 4.69) is 15.0 Å². The molecule has 1 atom stereocenters. The van der Waals surface area contributed by atoms with Gasteiger partial charge in [0.25, 0.3) is 5.56 Å². The molecule has 2 N–H and O–H groups in total. The van der Waals surface area contributed by atoms with Crippen LogP contribution in [0.4, 0.5) is 19.3 Å². The predicted octanol–water partition coefficient (Wildman–Crippen LogP) is 5.36. The Morgan fingerprint density at radius 2 is 1.72 bits per heavy atom. The third kappa shape index (κ3) is 8.13. The Hall–Kier alpha value is -4.39. The van der Waals surface area contributed by atoms with Crippen molar-refractivity contribution in [2.24, 2.45) is 0 Å². The number of halogens is 2. The first-order valence-electron chi connectivity index (χ1n) is 13.4. The highest BCUT2D eigenvalue weighted by atomic mass is 32.2. The minimum Gasteiger partial charge on any atom is -0.444 e. The fourth-order valence-electron chi connectivity index (χ4n) is 4.46. The molecule has 10 nitrogen and oxygen atoms in total. The van der Waals surface area contributed by atoms with Gasteiger partial charge in [-0.2, -0.15) is 0 Å². The number of aromatic nitrogens is 3. The van der Waals surface area contributed by atoms with E-state index in [1.807, 2.05) is 13.8 Å².